The zero-order chi connectivity index (χ0) is 26.6. The third-order valence-electron chi connectivity index (χ3n) is 8.30. The Morgan fingerprint density at radius 1 is 1.05 bits per heavy atom. The van der Waals surface area contributed by atoms with Crippen LogP contribution in [-0.4, -0.2) is 72.2 Å². The topological polar surface area (TPSA) is 89.8 Å². The van der Waals surface area contributed by atoms with Gasteiger partial charge in [-0.25, -0.2) is 9.78 Å². The molecule has 5 rings (SSSR count). The van der Waals surface area contributed by atoms with Gasteiger partial charge in [0.15, 0.2) is 0 Å². The van der Waals surface area contributed by atoms with Gasteiger partial charge in [0.1, 0.15) is 18.0 Å². The average Bonchev–Trinajstić information content (AvgIpc) is 3.63. The van der Waals surface area contributed by atoms with E-state index in [4.69, 9.17) is 21.6 Å². The summed E-state index contributed by atoms with van der Waals surface area (Å²) in [5.74, 6) is 0.906. The monoisotopic (exact) mass is 535 g/mol. The summed E-state index contributed by atoms with van der Waals surface area (Å²) in [5, 5.41) is 9.67. The number of pyridine rings is 1. The number of nitrogens with zero attached hydrogens (tertiary/aromatic N) is 5. The third kappa shape index (κ3) is 5.73. The number of ether oxygens (including phenoxy) is 1. The lowest BCUT2D eigenvalue weighted by Gasteiger charge is -2.34. The number of piperidine rings is 1. The molecule has 3 fully saturated rings. The molecule has 2 saturated heterocycles. The van der Waals surface area contributed by atoms with Crippen molar-refractivity contribution >= 4 is 29.4 Å². The maximum Gasteiger partial charge on any atom is 0.410 e. The molecule has 3 aliphatic rings. The van der Waals surface area contributed by atoms with Crippen LogP contribution >= 0.6 is 11.6 Å². The number of benzene rings is 1. The Morgan fingerprint density at radius 3 is 2.39 bits per heavy atom. The van der Waals surface area contributed by atoms with E-state index in [9.17, 15) is 9.59 Å². The van der Waals surface area contributed by atoms with Crippen molar-refractivity contribution in [1.82, 2.24) is 14.8 Å². The zero-order valence-electron chi connectivity index (χ0n) is 21.8. The number of carbonyl (C=O) groups is 2. The molecule has 38 heavy (non-hydrogen) atoms. The minimum atomic E-state index is -0.307. The first-order chi connectivity index (χ1) is 18.4. The standard InChI is InChI=1S/C29H34ClN5O3/c1-33(29(37)38-24-4-2-3-5-24)26-19-35(18-25(26)21-7-9-23(30)10-8-21)28(36)22-12-14-34(15-13-22)27-11-6-20(16-31)17-32-27/h6-11,17,22,24-26H,2-5,12-15,18-19H2,1H3/t25-,26+/m0/s1. The predicted molar refractivity (Wildman–Crippen MR) is 145 cm³/mol. The molecule has 1 aromatic heterocycles. The number of aromatic nitrogens is 1. The highest BCUT2D eigenvalue weighted by molar-refractivity contribution is 6.30. The van der Waals surface area contributed by atoms with Gasteiger partial charge in [-0.15, -0.1) is 0 Å². The summed E-state index contributed by atoms with van der Waals surface area (Å²) < 4.78 is 5.80. The average molecular weight is 536 g/mol. The molecular formula is C29H34ClN5O3. The number of hydrogen-bond acceptors (Lipinski definition) is 6. The van der Waals surface area contributed by atoms with Crippen molar-refractivity contribution in [1.29, 1.82) is 5.26 Å². The fraction of sp³-hybridized carbons (Fsp3) is 0.517. The lowest BCUT2D eigenvalue weighted by atomic mass is 9.93. The third-order valence-corrected chi connectivity index (χ3v) is 8.55. The van der Waals surface area contributed by atoms with Crippen LogP contribution in [0, 0.1) is 17.2 Å². The molecule has 0 spiro atoms. The molecule has 0 N–H and O–H groups in total. The van der Waals surface area contributed by atoms with Crippen molar-refractivity contribution in [3.63, 3.8) is 0 Å². The second kappa shape index (κ2) is 11.6. The van der Waals surface area contributed by atoms with E-state index in [1.807, 2.05) is 35.2 Å². The molecule has 1 aromatic carbocycles. The number of carbonyl (C=O) groups excluding carboxylic acids is 2. The Labute approximate surface area is 229 Å². The minimum Gasteiger partial charge on any atom is -0.446 e. The number of nitriles is 1. The molecule has 8 nitrogen and oxygen atoms in total. The fourth-order valence-electron chi connectivity index (χ4n) is 6.02. The van der Waals surface area contributed by atoms with E-state index in [1.165, 1.54) is 0 Å². The SMILES string of the molecule is CN(C(=O)OC1CCCC1)[C@@H]1CN(C(=O)C2CCN(c3ccc(C#N)cn3)CC2)C[C@H]1c1ccc(Cl)cc1. The molecule has 0 radical (unpaired) electrons. The molecule has 1 aliphatic carbocycles. The lowest BCUT2D eigenvalue weighted by molar-refractivity contribution is -0.135. The Bertz CT molecular complexity index is 1170. The summed E-state index contributed by atoms with van der Waals surface area (Å²) in [5.41, 5.74) is 1.60. The molecule has 0 bridgehead atoms. The summed E-state index contributed by atoms with van der Waals surface area (Å²) >= 11 is 6.14. The van der Waals surface area contributed by atoms with E-state index in [-0.39, 0.29) is 36.0 Å². The molecule has 2 atom stereocenters. The number of likely N-dealkylation sites (tertiary alicyclic amines) is 1. The number of rotatable bonds is 5. The van der Waals surface area contributed by atoms with Gasteiger partial charge in [0.05, 0.1) is 11.6 Å². The second-order valence-corrected chi connectivity index (χ2v) is 11.1. The second-order valence-electron chi connectivity index (χ2n) is 10.6. The Morgan fingerprint density at radius 2 is 1.76 bits per heavy atom. The lowest BCUT2D eigenvalue weighted by Crippen LogP contribution is -2.45. The number of halogens is 1. The van der Waals surface area contributed by atoms with Crippen LogP contribution in [-0.2, 0) is 9.53 Å². The van der Waals surface area contributed by atoms with Gasteiger partial charge >= 0.3 is 6.09 Å². The predicted octanol–water partition coefficient (Wildman–Crippen LogP) is 4.83. The van der Waals surface area contributed by atoms with Crippen LogP contribution in [0.3, 0.4) is 0 Å². The van der Waals surface area contributed by atoms with E-state index < -0.39 is 0 Å². The van der Waals surface area contributed by atoms with Crippen molar-refractivity contribution in [3.8, 4) is 6.07 Å². The Hall–Kier alpha value is -3.31. The minimum absolute atomic E-state index is 0.00569. The fourth-order valence-corrected chi connectivity index (χ4v) is 6.14. The van der Waals surface area contributed by atoms with Crippen LogP contribution in [0.15, 0.2) is 42.6 Å². The van der Waals surface area contributed by atoms with E-state index in [2.05, 4.69) is 16.0 Å². The molecule has 9 heteroatoms. The van der Waals surface area contributed by atoms with E-state index in [0.29, 0.717) is 23.7 Å². The molecule has 200 valence electrons. The van der Waals surface area contributed by atoms with Gasteiger partial charge in [0.2, 0.25) is 5.91 Å². The van der Waals surface area contributed by atoms with Crippen LogP contribution in [0.1, 0.15) is 55.6 Å². The largest absolute Gasteiger partial charge is 0.446 e. The van der Waals surface area contributed by atoms with Crippen LogP contribution in [0.5, 0.6) is 0 Å². The summed E-state index contributed by atoms with van der Waals surface area (Å²) in [7, 11) is 1.79. The first-order valence-electron chi connectivity index (χ1n) is 13.5. The van der Waals surface area contributed by atoms with Crippen LogP contribution in [0.2, 0.25) is 5.02 Å². The highest BCUT2D eigenvalue weighted by atomic mass is 35.5. The molecule has 2 aromatic rings. The molecule has 1 saturated carbocycles. The van der Waals surface area contributed by atoms with Gasteiger partial charge in [0.25, 0.3) is 0 Å². The van der Waals surface area contributed by atoms with Gasteiger partial charge < -0.3 is 19.4 Å². The smallest absolute Gasteiger partial charge is 0.410 e. The maximum absolute atomic E-state index is 13.7. The van der Waals surface area contributed by atoms with Crippen LogP contribution in [0.4, 0.5) is 10.6 Å². The van der Waals surface area contributed by atoms with E-state index in [0.717, 1.165) is 63.0 Å². The number of hydrogen-bond donors (Lipinski definition) is 0. The van der Waals surface area contributed by atoms with Gasteiger partial charge in [-0.1, -0.05) is 23.7 Å². The van der Waals surface area contributed by atoms with Crippen molar-refractivity contribution in [2.75, 3.05) is 38.1 Å². The van der Waals surface area contributed by atoms with E-state index in [1.54, 1.807) is 24.2 Å². The molecule has 3 heterocycles. The van der Waals surface area contributed by atoms with Gasteiger partial charge in [-0.2, -0.15) is 5.26 Å². The van der Waals surface area contributed by atoms with Crippen molar-refractivity contribution in [3.05, 3.63) is 58.7 Å². The van der Waals surface area contributed by atoms with Crippen molar-refractivity contribution in [2.45, 2.75) is 56.6 Å². The molecule has 2 aliphatic heterocycles. The molecule has 0 unspecified atom stereocenters. The number of anilines is 1. The highest BCUT2D eigenvalue weighted by Crippen LogP contribution is 2.34. The number of amides is 2. The zero-order valence-corrected chi connectivity index (χ0v) is 22.5. The Balaban J connectivity index is 1.25. The summed E-state index contributed by atoms with van der Waals surface area (Å²) in [4.78, 5) is 36.9. The Kier molecular flexibility index (Phi) is 8.04. The van der Waals surface area contributed by atoms with E-state index >= 15 is 0 Å². The summed E-state index contributed by atoms with van der Waals surface area (Å²) in [6.07, 6.45) is 6.80. The van der Waals surface area contributed by atoms with Crippen LogP contribution in [0.25, 0.3) is 0 Å². The van der Waals surface area contributed by atoms with Gasteiger partial charge in [-0.3, -0.25) is 4.79 Å². The van der Waals surface area contributed by atoms with Crippen molar-refractivity contribution < 1.29 is 14.3 Å². The quantitative estimate of drug-likeness (QED) is 0.545. The van der Waals surface area contributed by atoms with Crippen molar-refractivity contribution in [2.24, 2.45) is 5.92 Å². The normalized spacial score (nSPS) is 22.3. The first kappa shape index (κ1) is 26.3. The van der Waals surface area contributed by atoms with Gasteiger partial charge in [-0.05, 0) is 68.4 Å². The molecule has 2 amide bonds. The van der Waals surface area contributed by atoms with Crippen LogP contribution < -0.4 is 4.90 Å². The molecular weight excluding hydrogens is 502 g/mol. The first-order valence-corrected chi connectivity index (χ1v) is 13.9. The maximum atomic E-state index is 13.7. The van der Waals surface area contributed by atoms with Gasteiger partial charge in [0, 0.05) is 56.3 Å². The summed E-state index contributed by atoms with van der Waals surface area (Å²) in [6.45, 7) is 2.52. The summed E-state index contributed by atoms with van der Waals surface area (Å²) in [6, 6.07) is 13.3. The number of likely N-dealkylation sites (N-methyl/N-ethyl adjacent to an activating group) is 1. The highest BCUT2D eigenvalue weighted by Gasteiger charge is 2.42.